The van der Waals surface area contributed by atoms with Gasteiger partial charge in [0.1, 0.15) is 17.8 Å². The molecule has 0 aliphatic heterocycles. The number of aryl methyl sites for hydroxylation is 1. The van der Waals surface area contributed by atoms with E-state index in [1.807, 2.05) is 19.9 Å². The fourth-order valence-electron chi connectivity index (χ4n) is 1.95. The van der Waals surface area contributed by atoms with Crippen LogP contribution in [0.3, 0.4) is 0 Å². The number of methoxy groups -OCH3 is 2. The van der Waals surface area contributed by atoms with E-state index in [0.29, 0.717) is 17.2 Å². The van der Waals surface area contributed by atoms with Crippen LogP contribution < -0.4 is 9.47 Å². The van der Waals surface area contributed by atoms with Crippen LogP contribution in [0.5, 0.6) is 11.6 Å². The standard InChI is InChI=1S/C15H16N2O3/c1-9-5-6-11(15(20-4)10(9)2)14(18)12-7-13(19-3)17-8-16-12/h5-8H,1-4H3. The van der Waals surface area contributed by atoms with E-state index >= 15 is 0 Å². The molecule has 0 saturated carbocycles. The van der Waals surface area contributed by atoms with E-state index in [1.54, 1.807) is 13.2 Å². The first-order valence-corrected chi connectivity index (χ1v) is 6.13. The lowest BCUT2D eigenvalue weighted by atomic mass is 10.00. The molecule has 1 heterocycles. The molecule has 5 nitrogen and oxygen atoms in total. The lowest BCUT2D eigenvalue weighted by molar-refractivity contribution is 0.103. The number of ether oxygens (including phenoxy) is 2. The van der Waals surface area contributed by atoms with Gasteiger partial charge in [-0.2, -0.15) is 0 Å². The maximum Gasteiger partial charge on any atom is 0.216 e. The smallest absolute Gasteiger partial charge is 0.216 e. The predicted molar refractivity (Wildman–Crippen MR) is 74.5 cm³/mol. The molecule has 0 aliphatic carbocycles. The van der Waals surface area contributed by atoms with Crippen molar-refractivity contribution in [1.29, 1.82) is 0 Å². The summed E-state index contributed by atoms with van der Waals surface area (Å²) in [7, 11) is 3.05. The van der Waals surface area contributed by atoms with Gasteiger partial charge in [-0.05, 0) is 31.0 Å². The molecule has 0 fully saturated rings. The van der Waals surface area contributed by atoms with Gasteiger partial charge < -0.3 is 9.47 Å². The first-order chi connectivity index (χ1) is 9.58. The Labute approximate surface area is 117 Å². The number of benzene rings is 1. The number of hydrogen-bond acceptors (Lipinski definition) is 5. The zero-order chi connectivity index (χ0) is 14.7. The van der Waals surface area contributed by atoms with Gasteiger partial charge in [-0.25, -0.2) is 9.97 Å². The maximum absolute atomic E-state index is 12.5. The number of hydrogen-bond donors (Lipinski definition) is 0. The summed E-state index contributed by atoms with van der Waals surface area (Å²) in [6.07, 6.45) is 1.31. The van der Waals surface area contributed by atoms with Gasteiger partial charge in [-0.1, -0.05) is 6.07 Å². The molecule has 104 valence electrons. The molecule has 1 aromatic carbocycles. The monoisotopic (exact) mass is 272 g/mol. The molecule has 2 rings (SSSR count). The molecular weight excluding hydrogens is 256 g/mol. The van der Waals surface area contributed by atoms with Gasteiger partial charge in [-0.3, -0.25) is 4.79 Å². The van der Waals surface area contributed by atoms with Gasteiger partial charge in [0.2, 0.25) is 11.7 Å². The highest BCUT2D eigenvalue weighted by molar-refractivity contribution is 6.09. The van der Waals surface area contributed by atoms with E-state index in [1.165, 1.54) is 19.5 Å². The molecule has 0 N–H and O–H groups in total. The minimum absolute atomic E-state index is 0.217. The van der Waals surface area contributed by atoms with Crippen molar-refractivity contribution in [2.45, 2.75) is 13.8 Å². The summed E-state index contributed by atoms with van der Waals surface area (Å²) in [6, 6.07) is 5.15. The fraction of sp³-hybridized carbons (Fsp3) is 0.267. The second kappa shape index (κ2) is 5.69. The number of aromatic nitrogens is 2. The Hall–Kier alpha value is -2.43. The minimum atomic E-state index is -0.217. The van der Waals surface area contributed by atoms with Gasteiger partial charge in [0.15, 0.2) is 0 Å². The molecule has 0 saturated heterocycles. The van der Waals surface area contributed by atoms with Crippen molar-refractivity contribution in [3.63, 3.8) is 0 Å². The third-order valence-electron chi connectivity index (χ3n) is 3.21. The number of nitrogens with zero attached hydrogens (tertiary/aromatic N) is 2. The normalized spacial score (nSPS) is 10.2. The fourth-order valence-corrected chi connectivity index (χ4v) is 1.95. The number of rotatable bonds is 4. The van der Waals surface area contributed by atoms with Crippen LogP contribution in [0.1, 0.15) is 27.2 Å². The molecule has 0 spiro atoms. The Kier molecular flexibility index (Phi) is 3.98. The Bertz CT molecular complexity index is 654. The third-order valence-corrected chi connectivity index (χ3v) is 3.21. The van der Waals surface area contributed by atoms with E-state index in [4.69, 9.17) is 9.47 Å². The third kappa shape index (κ3) is 2.47. The predicted octanol–water partition coefficient (Wildman–Crippen LogP) is 2.34. The molecule has 0 atom stereocenters. The summed E-state index contributed by atoms with van der Waals surface area (Å²) < 4.78 is 10.4. The van der Waals surface area contributed by atoms with Crippen LogP contribution in [0, 0.1) is 13.8 Å². The van der Waals surface area contributed by atoms with Crippen molar-refractivity contribution in [1.82, 2.24) is 9.97 Å². The molecule has 0 radical (unpaired) electrons. The molecular formula is C15H16N2O3. The highest BCUT2D eigenvalue weighted by Gasteiger charge is 2.18. The summed E-state index contributed by atoms with van der Waals surface area (Å²) in [5.74, 6) is 0.712. The SMILES string of the molecule is COc1cc(C(=O)c2ccc(C)c(C)c2OC)ncn1. The summed E-state index contributed by atoms with van der Waals surface area (Å²) in [4.78, 5) is 20.4. The van der Waals surface area contributed by atoms with Crippen LogP contribution in [0.15, 0.2) is 24.5 Å². The van der Waals surface area contributed by atoms with Crippen molar-refractivity contribution in [3.05, 3.63) is 46.9 Å². The molecule has 1 aromatic heterocycles. The zero-order valence-corrected chi connectivity index (χ0v) is 11.9. The summed E-state index contributed by atoms with van der Waals surface area (Å²) in [5.41, 5.74) is 2.77. The largest absolute Gasteiger partial charge is 0.496 e. The van der Waals surface area contributed by atoms with E-state index in [2.05, 4.69) is 9.97 Å². The summed E-state index contributed by atoms with van der Waals surface area (Å²) >= 11 is 0. The van der Waals surface area contributed by atoms with Gasteiger partial charge in [0.05, 0.1) is 19.8 Å². The van der Waals surface area contributed by atoms with Crippen LogP contribution in [-0.2, 0) is 0 Å². The van der Waals surface area contributed by atoms with Crippen molar-refractivity contribution in [3.8, 4) is 11.6 Å². The van der Waals surface area contributed by atoms with Crippen LogP contribution in [0.4, 0.5) is 0 Å². The first kappa shape index (κ1) is 14.0. The average Bonchev–Trinajstić information content (AvgIpc) is 2.49. The Morgan fingerprint density at radius 1 is 1.10 bits per heavy atom. The molecule has 20 heavy (non-hydrogen) atoms. The zero-order valence-electron chi connectivity index (χ0n) is 11.9. The van der Waals surface area contributed by atoms with E-state index < -0.39 is 0 Å². The number of carbonyl (C=O) groups excluding carboxylic acids is 1. The second-order valence-electron chi connectivity index (χ2n) is 4.36. The van der Waals surface area contributed by atoms with Crippen molar-refractivity contribution in [2.24, 2.45) is 0 Å². The summed E-state index contributed by atoms with van der Waals surface area (Å²) in [5, 5.41) is 0. The van der Waals surface area contributed by atoms with Crippen LogP contribution in [0.2, 0.25) is 0 Å². The maximum atomic E-state index is 12.5. The second-order valence-corrected chi connectivity index (χ2v) is 4.36. The molecule has 5 heteroatoms. The summed E-state index contributed by atoms with van der Waals surface area (Å²) in [6.45, 7) is 3.89. The van der Waals surface area contributed by atoms with E-state index in [0.717, 1.165) is 11.1 Å². The average molecular weight is 272 g/mol. The number of carbonyl (C=O) groups is 1. The topological polar surface area (TPSA) is 61.3 Å². The van der Waals surface area contributed by atoms with Crippen molar-refractivity contribution in [2.75, 3.05) is 14.2 Å². The van der Waals surface area contributed by atoms with Crippen LogP contribution in [-0.4, -0.2) is 30.0 Å². The van der Waals surface area contributed by atoms with Gasteiger partial charge >= 0.3 is 0 Å². The van der Waals surface area contributed by atoms with Crippen molar-refractivity contribution < 1.29 is 14.3 Å². The number of ketones is 1. The van der Waals surface area contributed by atoms with Gasteiger partial charge in [0, 0.05) is 6.07 Å². The highest BCUT2D eigenvalue weighted by Crippen LogP contribution is 2.28. The highest BCUT2D eigenvalue weighted by atomic mass is 16.5. The van der Waals surface area contributed by atoms with Crippen LogP contribution in [0.25, 0.3) is 0 Å². The lowest BCUT2D eigenvalue weighted by Crippen LogP contribution is -2.08. The molecule has 0 aliphatic rings. The van der Waals surface area contributed by atoms with E-state index in [9.17, 15) is 4.79 Å². The minimum Gasteiger partial charge on any atom is -0.496 e. The first-order valence-electron chi connectivity index (χ1n) is 6.13. The van der Waals surface area contributed by atoms with Crippen molar-refractivity contribution >= 4 is 5.78 Å². The van der Waals surface area contributed by atoms with E-state index in [-0.39, 0.29) is 11.5 Å². The lowest BCUT2D eigenvalue weighted by Gasteiger charge is -2.12. The van der Waals surface area contributed by atoms with Gasteiger partial charge in [0.25, 0.3) is 0 Å². The Morgan fingerprint density at radius 2 is 1.85 bits per heavy atom. The molecule has 0 unspecified atom stereocenters. The molecule has 2 aromatic rings. The Morgan fingerprint density at radius 3 is 2.50 bits per heavy atom. The van der Waals surface area contributed by atoms with Gasteiger partial charge in [-0.15, -0.1) is 0 Å². The molecule has 0 amide bonds. The van der Waals surface area contributed by atoms with Crippen LogP contribution >= 0.6 is 0 Å². The molecule has 0 bridgehead atoms. The Balaban J connectivity index is 2.50. The quantitative estimate of drug-likeness (QED) is 0.799.